The molecule has 0 radical (unpaired) electrons. The molecule has 0 bridgehead atoms. The highest BCUT2D eigenvalue weighted by Gasteiger charge is 2.41. The van der Waals surface area contributed by atoms with Crippen LogP contribution in [0.3, 0.4) is 0 Å². The molecule has 0 saturated carbocycles. The van der Waals surface area contributed by atoms with E-state index in [-0.39, 0.29) is 56.9 Å². The molecular formula is C27H43BrN2O3S2Si. The molecule has 36 heavy (non-hydrogen) atoms. The Balaban J connectivity index is 0.00000324. The maximum atomic E-state index is 13.0. The number of likely N-dealkylation sites (N-methyl/N-ethyl adjacent to an activating group) is 1. The number of nitrogens with zero attached hydrogens (tertiary/aromatic N) is 2. The molecule has 2 atom stereocenters. The van der Waals surface area contributed by atoms with E-state index >= 15 is 0 Å². The molecule has 1 saturated heterocycles. The van der Waals surface area contributed by atoms with Crippen molar-refractivity contribution in [2.24, 2.45) is 0 Å². The smallest absolute Gasteiger partial charge is 0.410 e. The van der Waals surface area contributed by atoms with Crippen LogP contribution in [0.15, 0.2) is 59.1 Å². The van der Waals surface area contributed by atoms with E-state index in [2.05, 4.69) is 66.8 Å². The van der Waals surface area contributed by atoms with Crippen LogP contribution in [-0.4, -0.2) is 57.0 Å². The van der Waals surface area contributed by atoms with Crippen LogP contribution < -0.4 is 0 Å². The van der Waals surface area contributed by atoms with Crippen LogP contribution in [0.5, 0.6) is 0 Å². The van der Waals surface area contributed by atoms with Crippen LogP contribution >= 0.6 is 42.9 Å². The number of benzene rings is 2. The van der Waals surface area contributed by atoms with Crippen LogP contribution in [0.2, 0.25) is 18.1 Å². The zero-order chi connectivity index (χ0) is 24.9. The molecule has 3 rings (SSSR count). The quantitative estimate of drug-likeness (QED) is 0.298. The lowest BCUT2D eigenvalue weighted by Crippen LogP contribution is -2.45. The molecule has 0 aromatic heterocycles. The Labute approximate surface area is 241 Å². The Bertz CT molecular complexity index is 960. The standard InChI is InChI=1S/C27H39BrN2O3Si.2H2S/c1-27(2,3)34(5,6)33-24-15-16-30(18-24)19-25(22-13-10-14-23(28)17-22)29(4)26(31)32-20-21-11-8-7-9-12-21;;/h7-14,17,24-25H,15-16,18-20H2,1-6H3;2*1H2/t24-,25+;;/m0../s1. The van der Waals surface area contributed by atoms with Gasteiger partial charge in [0.15, 0.2) is 8.32 Å². The molecule has 2 aromatic rings. The molecule has 0 spiro atoms. The topological polar surface area (TPSA) is 42.0 Å². The summed E-state index contributed by atoms with van der Waals surface area (Å²) in [5.74, 6) is 0. The number of amides is 1. The minimum Gasteiger partial charge on any atom is -0.445 e. The minimum absolute atomic E-state index is 0. The molecule has 2 aromatic carbocycles. The number of ether oxygens (including phenoxy) is 1. The highest BCUT2D eigenvalue weighted by molar-refractivity contribution is 9.10. The summed E-state index contributed by atoms with van der Waals surface area (Å²) in [6, 6.07) is 17.9. The lowest BCUT2D eigenvalue weighted by Gasteiger charge is -2.38. The number of hydrogen-bond acceptors (Lipinski definition) is 4. The van der Waals surface area contributed by atoms with E-state index in [1.54, 1.807) is 4.90 Å². The van der Waals surface area contributed by atoms with Crippen molar-refractivity contribution >= 4 is 57.3 Å². The van der Waals surface area contributed by atoms with Gasteiger partial charge in [-0.3, -0.25) is 4.90 Å². The van der Waals surface area contributed by atoms with Crippen molar-refractivity contribution < 1.29 is 14.0 Å². The number of carbonyl (C=O) groups is 1. The lowest BCUT2D eigenvalue weighted by atomic mass is 10.1. The molecule has 1 aliphatic heterocycles. The van der Waals surface area contributed by atoms with Crippen molar-refractivity contribution in [3.63, 3.8) is 0 Å². The average Bonchev–Trinajstić information content (AvgIpc) is 3.21. The largest absolute Gasteiger partial charge is 0.445 e. The maximum Gasteiger partial charge on any atom is 0.410 e. The molecule has 1 heterocycles. The van der Waals surface area contributed by atoms with Gasteiger partial charge in [0.2, 0.25) is 0 Å². The summed E-state index contributed by atoms with van der Waals surface area (Å²) >= 11 is 3.59. The highest BCUT2D eigenvalue weighted by Crippen LogP contribution is 2.38. The van der Waals surface area contributed by atoms with Crippen LogP contribution in [0, 0.1) is 0 Å². The molecule has 1 amide bonds. The van der Waals surface area contributed by atoms with Crippen LogP contribution in [0.25, 0.3) is 0 Å². The van der Waals surface area contributed by atoms with Crippen molar-refractivity contribution in [1.29, 1.82) is 0 Å². The van der Waals surface area contributed by atoms with Gasteiger partial charge in [0.05, 0.1) is 12.1 Å². The molecule has 5 nitrogen and oxygen atoms in total. The Morgan fingerprint density at radius 2 is 1.81 bits per heavy atom. The van der Waals surface area contributed by atoms with E-state index < -0.39 is 8.32 Å². The predicted octanol–water partition coefficient (Wildman–Crippen LogP) is 7.08. The van der Waals surface area contributed by atoms with Gasteiger partial charge in [0, 0.05) is 31.2 Å². The van der Waals surface area contributed by atoms with Gasteiger partial charge >= 0.3 is 6.09 Å². The molecule has 0 aliphatic carbocycles. The van der Waals surface area contributed by atoms with E-state index in [9.17, 15) is 4.79 Å². The van der Waals surface area contributed by atoms with Crippen LogP contribution in [-0.2, 0) is 15.8 Å². The van der Waals surface area contributed by atoms with Gasteiger partial charge < -0.3 is 14.1 Å². The predicted molar refractivity (Wildman–Crippen MR) is 165 cm³/mol. The first kappa shape index (κ1) is 33.1. The van der Waals surface area contributed by atoms with Crippen LogP contribution in [0.4, 0.5) is 4.79 Å². The summed E-state index contributed by atoms with van der Waals surface area (Å²) in [5, 5.41) is 0.196. The molecule has 0 unspecified atom stereocenters. The van der Waals surface area contributed by atoms with Gasteiger partial charge in [-0.2, -0.15) is 27.0 Å². The van der Waals surface area contributed by atoms with E-state index in [1.165, 1.54) is 0 Å². The van der Waals surface area contributed by atoms with Crippen molar-refractivity contribution in [2.75, 3.05) is 26.7 Å². The third-order valence-electron chi connectivity index (χ3n) is 7.12. The van der Waals surface area contributed by atoms with Crippen molar-refractivity contribution in [3.05, 3.63) is 70.2 Å². The molecular weight excluding hydrogens is 572 g/mol. The minimum atomic E-state index is -1.81. The first-order valence-corrected chi connectivity index (χ1v) is 15.8. The lowest BCUT2D eigenvalue weighted by molar-refractivity contribution is 0.0819. The van der Waals surface area contributed by atoms with Crippen molar-refractivity contribution in [3.8, 4) is 0 Å². The Kier molecular flexibility index (Phi) is 13.1. The number of likely N-dealkylation sites (tertiary alicyclic amines) is 1. The Morgan fingerprint density at radius 1 is 1.14 bits per heavy atom. The van der Waals surface area contributed by atoms with Crippen molar-refractivity contribution in [1.82, 2.24) is 9.80 Å². The third-order valence-corrected chi connectivity index (χ3v) is 12.2. The van der Waals surface area contributed by atoms with E-state index in [4.69, 9.17) is 9.16 Å². The fourth-order valence-corrected chi connectivity index (χ4v) is 5.81. The van der Waals surface area contributed by atoms with E-state index in [0.717, 1.165) is 41.7 Å². The number of carbonyl (C=O) groups excluding carboxylic acids is 1. The summed E-state index contributed by atoms with van der Waals surface area (Å²) in [6.45, 7) is 14.3. The first-order chi connectivity index (χ1) is 16.0. The zero-order valence-electron chi connectivity index (χ0n) is 22.4. The summed E-state index contributed by atoms with van der Waals surface area (Å²) in [5.41, 5.74) is 2.07. The second-order valence-corrected chi connectivity index (χ2v) is 16.4. The molecule has 9 heteroatoms. The monoisotopic (exact) mass is 614 g/mol. The van der Waals surface area contributed by atoms with Gasteiger partial charge in [-0.1, -0.05) is 79.2 Å². The normalized spacial score (nSPS) is 17.0. The van der Waals surface area contributed by atoms with Gasteiger partial charge in [-0.15, -0.1) is 0 Å². The molecule has 202 valence electrons. The second kappa shape index (κ2) is 14.3. The highest BCUT2D eigenvalue weighted by atomic mass is 79.9. The summed E-state index contributed by atoms with van der Waals surface area (Å²) in [6.07, 6.45) is 0.960. The Morgan fingerprint density at radius 3 is 2.42 bits per heavy atom. The summed E-state index contributed by atoms with van der Waals surface area (Å²) in [7, 11) is 0.0210. The fourth-order valence-electron chi connectivity index (χ4n) is 4.01. The summed E-state index contributed by atoms with van der Waals surface area (Å²) < 4.78 is 13.3. The number of hydrogen-bond donors (Lipinski definition) is 0. The second-order valence-electron chi connectivity index (χ2n) is 10.8. The zero-order valence-corrected chi connectivity index (χ0v) is 27.0. The maximum absolute atomic E-state index is 13.0. The van der Waals surface area contributed by atoms with Gasteiger partial charge in [-0.05, 0) is 47.8 Å². The van der Waals surface area contributed by atoms with Crippen molar-refractivity contribution in [2.45, 2.75) is 64.1 Å². The summed E-state index contributed by atoms with van der Waals surface area (Å²) in [4.78, 5) is 17.2. The SMILES string of the molecule is CN(C(=O)OCc1ccccc1)[C@H](CN1CC[C@H](O[Si](C)(C)C(C)(C)C)C1)c1cccc(Br)c1.S.S. The molecule has 1 aliphatic rings. The third kappa shape index (κ3) is 9.10. The van der Waals surface area contributed by atoms with Crippen LogP contribution in [0.1, 0.15) is 44.4 Å². The Hall–Kier alpha value is -0.973. The fraction of sp³-hybridized carbons (Fsp3) is 0.519. The van der Waals surface area contributed by atoms with Gasteiger partial charge in [-0.25, -0.2) is 4.79 Å². The molecule has 0 N–H and O–H groups in total. The average molecular weight is 616 g/mol. The first-order valence-electron chi connectivity index (χ1n) is 12.1. The van der Waals surface area contributed by atoms with Gasteiger partial charge in [0.25, 0.3) is 0 Å². The number of rotatable bonds is 8. The molecule has 1 fully saturated rings. The van der Waals surface area contributed by atoms with E-state index in [0.29, 0.717) is 0 Å². The van der Waals surface area contributed by atoms with Gasteiger partial charge in [0.1, 0.15) is 6.61 Å². The van der Waals surface area contributed by atoms with E-state index in [1.807, 2.05) is 49.5 Å². The number of halogens is 1.